The van der Waals surface area contributed by atoms with Gasteiger partial charge in [-0.05, 0) is 48.4 Å². The maximum absolute atomic E-state index is 13.1. The molecule has 0 saturated carbocycles. The first-order chi connectivity index (χ1) is 8.22. The highest BCUT2D eigenvalue weighted by molar-refractivity contribution is 5.36. The summed E-state index contributed by atoms with van der Waals surface area (Å²) in [6.07, 6.45) is 4.46. The zero-order valence-electron chi connectivity index (χ0n) is 9.29. The van der Waals surface area contributed by atoms with E-state index in [4.69, 9.17) is 0 Å². The summed E-state index contributed by atoms with van der Waals surface area (Å²) in [5.74, 6) is 0.219. The molecular formula is C13H13FN2O. The SMILES string of the molecule is O=c1[nH]cc(CC2CCc3cc(F)ccc32)[nH]1. The predicted octanol–water partition coefficient (Wildman–Crippen LogP) is 2.11. The number of aromatic nitrogens is 2. The summed E-state index contributed by atoms with van der Waals surface area (Å²) in [5, 5.41) is 0. The number of aryl methyl sites for hydroxylation is 1. The molecular weight excluding hydrogens is 219 g/mol. The molecule has 1 aliphatic rings. The van der Waals surface area contributed by atoms with Crippen molar-refractivity contribution in [1.29, 1.82) is 0 Å². The number of benzene rings is 1. The van der Waals surface area contributed by atoms with Gasteiger partial charge in [0.05, 0.1) is 0 Å². The molecule has 0 radical (unpaired) electrons. The number of aromatic amines is 2. The van der Waals surface area contributed by atoms with E-state index in [1.165, 1.54) is 11.6 Å². The van der Waals surface area contributed by atoms with Crippen molar-refractivity contribution >= 4 is 0 Å². The summed E-state index contributed by atoms with van der Waals surface area (Å²) in [6.45, 7) is 0. The first-order valence-corrected chi connectivity index (χ1v) is 5.77. The monoisotopic (exact) mass is 232 g/mol. The normalized spacial score (nSPS) is 18.3. The minimum atomic E-state index is -0.169. The van der Waals surface area contributed by atoms with Crippen LogP contribution < -0.4 is 5.69 Å². The van der Waals surface area contributed by atoms with Crippen LogP contribution in [0.1, 0.15) is 29.2 Å². The Kier molecular flexibility index (Phi) is 2.35. The molecule has 2 aromatic rings. The number of hydrogen-bond acceptors (Lipinski definition) is 1. The van der Waals surface area contributed by atoms with Crippen LogP contribution >= 0.6 is 0 Å². The zero-order chi connectivity index (χ0) is 11.8. The third kappa shape index (κ3) is 1.90. The van der Waals surface area contributed by atoms with Crippen molar-refractivity contribution in [3.05, 3.63) is 57.5 Å². The fraction of sp³-hybridized carbons (Fsp3) is 0.308. The maximum atomic E-state index is 13.1. The van der Waals surface area contributed by atoms with E-state index in [0.717, 1.165) is 30.5 Å². The molecule has 1 unspecified atom stereocenters. The highest BCUT2D eigenvalue weighted by Crippen LogP contribution is 2.35. The van der Waals surface area contributed by atoms with E-state index in [1.54, 1.807) is 12.3 Å². The summed E-state index contributed by atoms with van der Waals surface area (Å²) in [7, 11) is 0. The molecule has 1 aromatic carbocycles. The molecule has 1 atom stereocenters. The Morgan fingerprint density at radius 3 is 3.06 bits per heavy atom. The fourth-order valence-electron chi connectivity index (χ4n) is 2.63. The molecule has 17 heavy (non-hydrogen) atoms. The lowest BCUT2D eigenvalue weighted by molar-refractivity contribution is 0.625. The van der Waals surface area contributed by atoms with Gasteiger partial charge in [-0.3, -0.25) is 0 Å². The minimum absolute atomic E-state index is 0.167. The maximum Gasteiger partial charge on any atom is 0.323 e. The second kappa shape index (κ2) is 3.87. The second-order valence-electron chi connectivity index (χ2n) is 4.55. The highest BCUT2D eigenvalue weighted by atomic mass is 19.1. The number of nitrogens with one attached hydrogen (secondary N) is 2. The topological polar surface area (TPSA) is 48.6 Å². The van der Waals surface area contributed by atoms with E-state index >= 15 is 0 Å². The molecule has 3 nitrogen and oxygen atoms in total. The lowest BCUT2D eigenvalue weighted by Crippen LogP contribution is -2.03. The predicted molar refractivity (Wildman–Crippen MR) is 62.6 cm³/mol. The van der Waals surface area contributed by atoms with Crippen molar-refractivity contribution in [1.82, 2.24) is 9.97 Å². The molecule has 0 amide bonds. The van der Waals surface area contributed by atoms with Crippen LogP contribution in [0.3, 0.4) is 0 Å². The zero-order valence-corrected chi connectivity index (χ0v) is 9.29. The van der Waals surface area contributed by atoms with E-state index in [0.29, 0.717) is 5.92 Å². The van der Waals surface area contributed by atoms with Crippen molar-refractivity contribution < 1.29 is 4.39 Å². The fourth-order valence-corrected chi connectivity index (χ4v) is 2.63. The van der Waals surface area contributed by atoms with Crippen LogP contribution in [0.15, 0.2) is 29.2 Å². The van der Waals surface area contributed by atoms with Crippen molar-refractivity contribution in [3.8, 4) is 0 Å². The van der Waals surface area contributed by atoms with Gasteiger partial charge in [0.25, 0.3) is 0 Å². The number of hydrogen-bond donors (Lipinski definition) is 2. The van der Waals surface area contributed by atoms with Gasteiger partial charge < -0.3 is 9.97 Å². The van der Waals surface area contributed by atoms with Crippen LogP contribution in [0.2, 0.25) is 0 Å². The van der Waals surface area contributed by atoms with E-state index < -0.39 is 0 Å². The molecule has 3 rings (SSSR count). The van der Waals surface area contributed by atoms with Gasteiger partial charge in [-0.15, -0.1) is 0 Å². The van der Waals surface area contributed by atoms with Gasteiger partial charge in [-0.2, -0.15) is 0 Å². The van der Waals surface area contributed by atoms with Gasteiger partial charge in [0, 0.05) is 11.9 Å². The number of rotatable bonds is 2. The molecule has 0 spiro atoms. The Hall–Kier alpha value is -1.84. The smallest absolute Gasteiger partial charge is 0.313 e. The summed E-state index contributed by atoms with van der Waals surface area (Å²) in [4.78, 5) is 16.4. The molecule has 4 heteroatoms. The van der Waals surface area contributed by atoms with E-state index in [2.05, 4.69) is 9.97 Å². The molecule has 88 valence electrons. The Morgan fingerprint density at radius 1 is 1.41 bits per heavy atom. The van der Waals surface area contributed by atoms with E-state index in [1.807, 2.05) is 6.07 Å². The molecule has 0 bridgehead atoms. The summed E-state index contributed by atoms with van der Waals surface area (Å²) in [5.41, 5.74) is 3.07. The van der Waals surface area contributed by atoms with Crippen molar-refractivity contribution in [3.63, 3.8) is 0 Å². The Balaban J connectivity index is 1.86. The summed E-state index contributed by atoms with van der Waals surface area (Å²) >= 11 is 0. The molecule has 0 saturated heterocycles. The number of halogens is 1. The van der Waals surface area contributed by atoms with Crippen LogP contribution in [0.25, 0.3) is 0 Å². The van der Waals surface area contributed by atoms with Crippen LogP contribution in [-0.2, 0) is 12.8 Å². The van der Waals surface area contributed by atoms with Crippen LogP contribution in [0, 0.1) is 5.82 Å². The number of H-pyrrole nitrogens is 2. The van der Waals surface area contributed by atoms with Crippen LogP contribution in [0.4, 0.5) is 4.39 Å². The third-order valence-electron chi connectivity index (χ3n) is 3.42. The molecule has 0 aliphatic heterocycles. The average molecular weight is 232 g/mol. The molecule has 2 N–H and O–H groups in total. The van der Waals surface area contributed by atoms with E-state index in [-0.39, 0.29) is 11.5 Å². The summed E-state index contributed by atoms with van der Waals surface area (Å²) in [6, 6.07) is 5.00. The van der Waals surface area contributed by atoms with Crippen LogP contribution in [0.5, 0.6) is 0 Å². The van der Waals surface area contributed by atoms with Gasteiger partial charge in [0.2, 0.25) is 0 Å². The summed E-state index contributed by atoms with van der Waals surface area (Å²) < 4.78 is 13.1. The standard InChI is InChI=1S/C13H13FN2O/c14-10-3-4-12-8(5-10)1-2-9(12)6-11-7-15-13(17)16-11/h3-5,7,9H,1-2,6H2,(H2,15,16,17). The number of imidazole rings is 1. The van der Waals surface area contributed by atoms with Gasteiger partial charge in [-0.25, -0.2) is 9.18 Å². The van der Waals surface area contributed by atoms with Gasteiger partial charge in [0.15, 0.2) is 0 Å². The first-order valence-electron chi connectivity index (χ1n) is 5.77. The minimum Gasteiger partial charge on any atom is -0.313 e. The third-order valence-corrected chi connectivity index (χ3v) is 3.42. The van der Waals surface area contributed by atoms with Crippen molar-refractivity contribution in [2.24, 2.45) is 0 Å². The second-order valence-corrected chi connectivity index (χ2v) is 4.55. The van der Waals surface area contributed by atoms with Crippen LogP contribution in [-0.4, -0.2) is 9.97 Å². The van der Waals surface area contributed by atoms with E-state index in [9.17, 15) is 9.18 Å². The van der Waals surface area contributed by atoms with Gasteiger partial charge in [0.1, 0.15) is 5.82 Å². The molecule has 1 heterocycles. The molecule has 1 aliphatic carbocycles. The van der Waals surface area contributed by atoms with Crippen molar-refractivity contribution in [2.45, 2.75) is 25.2 Å². The largest absolute Gasteiger partial charge is 0.323 e. The lowest BCUT2D eigenvalue weighted by Gasteiger charge is -2.09. The van der Waals surface area contributed by atoms with Gasteiger partial charge in [-0.1, -0.05) is 6.07 Å². The Bertz CT molecular complexity index is 599. The highest BCUT2D eigenvalue weighted by Gasteiger charge is 2.23. The lowest BCUT2D eigenvalue weighted by atomic mass is 9.96. The average Bonchev–Trinajstić information content (AvgIpc) is 2.86. The quantitative estimate of drug-likeness (QED) is 0.818. The Labute approximate surface area is 97.7 Å². The first kappa shape index (κ1) is 10.3. The number of fused-ring (bicyclic) bond motifs is 1. The van der Waals surface area contributed by atoms with Gasteiger partial charge >= 0.3 is 5.69 Å². The molecule has 1 aromatic heterocycles. The Morgan fingerprint density at radius 2 is 2.29 bits per heavy atom. The molecule has 0 fully saturated rings. The van der Waals surface area contributed by atoms with Crippen molar-refractivity contribution in [2.75, 3.05) is 0 Å².